The van der Waals surface area contributed by atoms with Crippen molar-refractivity contribution in [3.63, 3.8) is 0 Å². The van der Waals surface area contributed by atoms with E-state index in [1.165, 1.54) is 0 Å². The molecule has 0 aliphatic heterocycles. The summed E-state index contributed by atoms with van der Waals surface area (Å²) in [5, 5.41) is 10.6. The van der Waals surface area contributed by atoms with Gasteiger partial charge < -0.3 is 5.32 Å². The normalized spacial score (nSPS) is 11.3. The smallest absolute Gasteiger partial charge is 0.208 e. The third-order valence-corrected chi connectivity index (χ3v) is 2.32. The van der Waals surface area contributed by atoms with Crippen LogP contribution in [-0.4, -0.2) is 38.0 Å². The second-order valence-electron chi connectivity index (χ2n) is 3.21. The molecule has 0 aliphatic carbocycles. The summed E-state index contributed by atoms with van der Waals surface area (Å²) in [6, 6.07) is 1.84. The minimum absolute atomic E-state index is 0.328. The highest BCUT2D eigenvalue weighted by molar-refractivity contribution is 7.88. The Hall–Kier alpha value is -1.21. The number of rotatable bonds is 5. The van der Waals surface area contributed by atoms with E-state index in [1.807, 2.05) is 13.0 Å². The van der Waals surface area contributed by atoms with Crippen LogP contribution in [0.1, 0.15) is 5.56 Å². The average Bonchev–Trinajstić information content (AvgIpc) is 2.11. The molecule has 1 aromatic rings. The van der Waals surface area contributed by atoms with Crippen molar-refractivity contribution in [2.24, 2.45) is 0 Å². The fourth-order valence-electron chi connectivity index (χ4n) is 0.977. The first-order valence-electron chi connectivity index (χ1n) is 4.45. The van der Waals surface area contributed by atoms with E-state index in [1.54, 1.807) is 6.20 Å². The third-order valence-electron chi connectivity index (χ3n) is 1.59. The highest BCUT2D eigenvalue weighted by Gasteiger charge is 1.99. The second kappa shape index (κ2) is 5.04. The fourth-order valence-corrected chi connectivity index (χ4v) is 1.45. The van der Waals surface area contributed by atoms with Gasteiger partial charge in [-0.05, 0) is 18.6 Å². The van der Waals surface area contributed by atoms with E-state index in [0.29, 0.717) is 18.9 Å². The summed E-state index contributed by atoms with van der Waals surface area (Å²) in [6.45, 7) is 2.72. The first-order valence-corrected chi connectivity index (χ1v) is 6.34. The van der Waals surface area contributed by atoms with Gasteiger partial charge >= 0.3 is 0 Å². The quantitative estimate of drug-likeness (QED) is 0.681. The number of nitrogens with one attached hydrogen (secondary N) is 2. The van der Waals surface area contributed by atoms with Crippen LogP contribution in [0, 0.1) is 6.92 Å². The van der Waals surface area contributed by atoms with Gasteiger partial charge in [0.05, 0.1) is 12.5 Å². The number of hydrogen-bond acceptors (Lipinski definition) is 5. The molecule has 0 fully saturated rings. The van der Waals surface area contributed by atoms with E-state index in [2.05, 4.69) is 20.2 Å². The highest BCUT2D eigenvalue weighted by atomic mass is 32.2. The molecule has 0 saturated heterocycles. The monoisotopic (exact) mass is 230 g/mol. The van der Waals surface area contributed by atoms with Crippen LogP contribution in [0.5, 0.6) is 0 Å². The Balaban J connectivity index is 2.32. The lowest BCUT2D eigenvalue weighted by atomic mass is 10.3. The summed E-state index contributed by atoms with van der Waals surface area (Å²) < 4.78 is 23.8. The minimum atomic E-state index is -3.11. The summed E-state index contributed by atoms with van der Waals surface area (Å²) in [6.07, 6.45) is 2.78. The lowest BCUT2D eigenvalue weighted by Gasteiger charge is -2.05. The maximum Gasteiger partial charge on any atom is 0.208 e. The lowest BCUT2D eigenvalue weighted by molar-refractivity contribution is 0.589. The first kappa shape index (κ1) is 11.9. The SMILES string of the molecule is Cc1cnnc(NCCNS(C)(=O)=O)c1. The average molecular weight is 230 g/mol. The Morgan fingerprint density at radius 1 is 1.40 bits per heavy atom. The van der Waals surface area contributed by atoms with Crippen LogP contribution in [0.15, 0.2) is 12.3 Å². The van der Waals surface area contributed by atoms with E-state index in [-0.39, 0.29) is 0 Å². The Bertz CT molecular complexity index is 418. The second-order valence-corrected chi connectivity index (χ2v) is 5.04. The molecular formula is C8H14N4O2S. The predicted molar refractivity (Wildman–Crippen MR) is 58.1 cm³/mol. The fraction of sp³-hybridized carbons (Fsp3) is 0.500. The van der Waals surface area contributed by atoms with Gasteiger partial charge in [-0.2, -0.15) is 5.10 Å². The number of nitrogens with zero attached hydrogens (tertiary/aromatic N) is 2. The summed E-state index contributed by atoms with van der Waals surface area (Å²) in [5.74, 6) is 0.644. The number of aryl methyl sites for hydroxylation is 1. The van der Waals surface area contributed by atoms with E-state index in [0.717, 1.165) is 11.8 Å². The van der Waals surface area contributed by atoms with Crippen LogP contribution >= 0.6 is 0 Å². The van der Waals surface area contributed by atoms with Crippen LogP contribution in [-0.2, 0) is 10.0 Å². The van der Waals surface area contributed by atoms with Crippen LogP contribution < -0.4 is 10.0 Å². The van der Waals surface area contributed by atoms with E-state index < -0.39 is 10.0 Å². The number of sulfonamides is 1. The van der Waals surface area contributed by atoms with Gasteiger partial charge in [0.1, 0.15) is 5.82 Å². The van der Waals surface area contributed by atoms with Crippen molar-refractivity contribution in [1.29, 1.82) is 0 Å². The molecule has 0 aliphatic rings. The van der Waals surface area contributed by atoms with Gasteiger partial charge in [-0.1, -0.05) is 0 Å². The van der Waals surface area contributed by atoms with Crippen LogP contribution in [0.3, 0.4) is 0 Å². The molecule has 15 heavy (non-hydrogen) atoms. The minimum Gasteiger partial charge on any atom is -0.367 e. The highest BCUT2D eigenvalue weighted by Crippen LogP contribution is 2.01. The third kappa shape index (κ3) is 5.28. The van der Waals surface area contributed by atoms with Crippen molar-refractivity contribution in [3.05, 3.63) is 17.8 Å². The molecule has 1 heterocycles. The maximum atomic E-state index is 10.7. The Morgan fingerprint density at radius 3 is 2.73 bits per heavy atom. The van der Waals surface area contributed by atoms with Gasteiger partial charge in [0.2, 0.25) is 10.0 Å². The van der Waals surface area contributed by atoms with Gasteiger partial charge in [0, 0.05) is 13.1 Å². The number of hydrogen-bond donors (Lipinski definition) is 2. The molecule has 1 rings (SSSR count). The van der Waals surface area contributed by atoms with Gasteiger partial charge in [-0.25, -0.2) is 13.1 Å². The maximum absolute atomic E-state index is 10.7. The molecule has 0 aromatic carbocycles. The lowest BCUT2D eigenvalue weighted by Crippen LogP contribution is -2.27. The van der Waals surface area contributed by atoms with Crippen LogP contribution in [0.25, 0.3) is 0 Å². The van der Waals surface area contributed by atoms with Crippen molar-refractivity contribution in [1.82, 2.24) is 14.9 Å². The Morgan fingerprint density at radius 2 is 2.13 bits per heavy atom. The predicted octanol–water partition coefficient (Wildman–Crippen LogP) is -0.254. The van der Waals surface area contributed by atoms with Crippen LogP contribution in [0.2, 0.25) is 0 Å². The number of aromatic nitrogens is 2. The van der Waals surface area contributed by atoms with Gasteiger partial charge in [0.15, 0.2) is 0 Å². The zero-order chi connectivity index (χ0) is 11.3. The summed E-state index contributed by atoms with van der Waals surface area (Å²) in [7, 11) is -3.11. The zero-order valence-corrected chi connectivity index (χ0v) is 9.50. The molecule has 2 N–H and O–H groups in total. The molecule has 1 aromatic heterocycles. The molecular weight excluding hydrogens is 216 g/mol. The zero-order valence-electron chi connectivity index (χ0n) is 8.69. The summed E-state index contributed by atoms with van der Waals surface area (Å²) >= 11 is 0. The molecule has 6 nitrogen and oxygen atoms in total. The molecule has 0 radical (unpaired) electrons. The van der Waals surface area contributed by atoms with Crippen molar-refractivity contribution in [2.75, 3.05) is 24.7 Å². The van der Waals surface area contributed by atoms with Crippen molar-refractivity contribution in [2.45, 2.75) is 6.92 Å². The summed E-state index contributed by atoms with van der Waals surface area (Å²) in [4.78, 5) is 0. The van der Waals surface area contributed by atoms with E-state index >= 15 is 0 Å². The molecule has 84 valence electrons. The van der Waals surface area contributed by atoms with Crippen molar-refractivity contribution >= 4 is 15.8 Å². The van der Waals surface area contributed by atoms with Gasteiger partial charge in [-0.15, -0.1) is 5.10 Å². The molecule has 7 heteroatoms. The van der Waals surface area contributed by atoms with Crippen molar-refractivity contribution in [3.8, 4) is 0 Å². The standard InChI is InChI=1S/C8H14N4O2S/c1-7-5-8(12-10-6-7)9-3-4-11-15(2,13)14/h5-6,11H,3-4H2,1-2H3,(H,9,12). The topological polar surface area (TPSA) is 84.0 Å². The number of anilines is 1. The molecule has 0 bridgehead atoms. The molecule has 0 amide bonds. The summed E-state index contributed by atoms with van der Waals surface area (Å²) in [5.41, 5.74) is 1.00. The first-order chi connectivity index (χ1) is 6.97. The Labute approximate surface area is 89.2 Å². The molecule has 0 spiro atoms. The van der Waals surface area contributed by atoms with Gasteiger partial charge in [-0.3, -0.25) is 0 Å². The largest absolute Gasteiger partial charge is 0.367 e. The van der Waals surface area contributed by atoms with Crippen LogP contribution in [0.4, 0.5) is 5.82 Å². The molecule has 0 saturated carbocycles. The molecule has 0 unspecified atom stereocenters. The van der Waals surface area contributed by atoms with Gasteiger partial charge in [0.25, 0.3) is 0 Å². The molecule has 0 atom stereocenters. The van der Waals surface area contributed by atoms with E-state index in [9.17, 15) is 8.42 Å². The Kier molecular flexibility index (Phi) is 3.98. The van der Waals surface area contributed by atoms with E-state index in [4.69, 9.17) is 0 Å². The van der Waals surface area contributed by atoms with Crippen molar-refractivity contribution < 1.29 is 8.42 Å².